The summed E-state index contributed by atoms with van der Waals surface area (Å²) in [5.74, 6) is 1.00. The molecule has 1 heterocycles. The molecule has 110 valence electrons. The number of nitrogens with two attached hydrogens (primary N) is 1. The van der Waals surface area contributed by atoms with Crippen molar-refractivity contribution in [3.05, 3.63) is 18.2 Å². The van der Waals surface area contributed by atoms with Crippen LogP contribution in [0.3, 0.4) is 0 Å². The van der Waals surface area contributed by atoms with Gasteiger partial charge >= 0.3 is 0 Å². The van der Waals surface area contributed by atoms with Crippen molar-refractivity contribution < 1.29 is 17.9 Å². The summed E-state index contributed by atoms with van der Waals surface area (Å²) in [5.41, 5.74) is 5.39. The van der Waals surface area contributed by atoms with Gasteiger partial charge in [-0.05, 0) is 12.1 Å². The van der Waals surface area contributed by atoms with E-state index in [0.29, 0.717) is 31.1 Å². The summed E-state index contributed by atoms with van der Waals surface area (Å²) in [5, 5.41) is 0. The topological polar surface area (TPSA) is 81.9 Å². The Labute approximate surface area is 123 Å². The zero-order valence-electron chi connectivity index (χ0n) is 11.0. The molecule has 2 rings (SSSR count). The van der Waals surface area contributed by atoms with Gasteiger partial charge in [0.2, 0.25) is 10.0 Å². The maximum Gasteiger partial charge on any atom is 0.242 e. The van der Waals surface area contributed by atoms with Crippen LogP contribution in [0.15, 0.2) is 23.1 Å². The average Bonchev–Trinajstić information content (AvgIpc) is 2.44. The molecule has 0 saturated carbocycles. The maximum absolute atomic E-state index is 12.4. The highest BCUT2D eigenvalue weighted by molar-refractivity contribution is 7.89. The molecule has 1 aromatic rings. The van der Waals surface area contributed by atoms with Crippen LogP contribution in [0.2, 0.25) is 0 Å². The van der Waals surface area contributed by atoms with Gasteiger partial charge in [0.25, 0.3) is 0 Å². The molecule has 0 fully saturated rings. The third-order valence-corrected chi connectivity index (χ3v) is 4.95. The molecule has 2 N–H and O–H groups in total. The van der Waals surface area contributed by atoms with Crippen LogP contribution in [-0.4, -0.2) is 44.5 Å². The van der Waals surface area contributed by atoms with Gasteiger partial charge in [-0.2, -0.15) is 0 Å². The molecule has 20 heavy (non-hydrogen) atoms. The van der Waals surface area contributed by atoms with Crippen molar-refractivity contribution in [2.75, 3.05) is 26.8 Å². The number of ether oxygens (including phenoxy) is 2. The molecule has 1 aliphatic heterocycles. The van der Waals surface area contributed by atoms with Gasteiger partial charge in [0.05, 0.1) is 9.88 Å². The standard InChI is InChI=1S/C12H16N2O4S2/c1-14(5-4-12(13)19)20(15,16)9-2-3-10-11(8-9)18-7-6-17-10/h2-3,8H,4-7H2,1H3,(H2,13,19). The predicted molar refractivity (Wildman–Crippen MR) is 78.7 cm³/mol. The fourth-order valence-electron chi connectivity index (χ4n) is 1.75. The smallest absolute Gasteiger partial charge is 0.242 e. The first kappa shape index (κ1) is 15.0. The fourth-order valence-corrected chi connectivity index (χ4v) is 3.03. The number of fused-ring (bicyclic) bond motifs is 1. The first-order valence-electron chi connectivity index (χ1n) is 6.05. The number of benzene rings is 1. The molecular weight excluding hydrogens is 300 g/mol. The maximum atomic E-state index is 12.4. The number of sulfonamides is 1. The van der Waals surface area contributed by atoms with Gasteiger partial charge in [-0.25, -0.2) is 12.7 Å². The molecule has 0 atom stereocenters. The number of hydrogen-bond acceptors (Lipinski definition) is 5. The van der Waals surface area contributed by atoms with E-state index in [9.17, 15) is 8.42 Å². The molecule has 0 unspecified atom stereocenters. The minimum Gasteiger partial charge on any atom is -0.486 e. The zero-order valence-corrected chi connectivity index (χ0v) is 12.7. The van der Waals surface area contributed by atoms with Crippen molar-refractivity contribution >= 4 is 27.2 Å². The van der Waals surface area contributed by atoms with Gasteiger partial charge in [0.1, 0.15) is 13.2 Å². The van der Waals surface area contributed by atoms with E-state index in [4.69, 9.17) is 27.4 Å². The minimum atomic E-state index is -3.59. The minimum absolute atomic E-state index is 0.159. The highest BCUT2D eigenvalue weighted by Crippen LogP contribution is 2.32. The van der Waals surface area contributed by atoms with Crippen molar-refractivity contribution in [2.24, 2.45) is 5.73 Å². The second-order valence-corrected chi connectivity index (χ2v) is 6.92. The van der Waals surface area contributed by atoms with Crippen LogP contribution in [0.1, 0.15) is 6.42 Å². The Hall–Kier alpha value is -1.38. The molecule has 0 saturated heterocycles. The summed E-state index contributed by atoms with van der Waals surface area (Å²) in [6, 6.07) is 4.57. The van der Waals surface area contributed by atoms with E-state index < -0.39 is 10.0 Å². The van der Waals surface area contributed by atoms with Crippen LogP contribution < -0.4 is 15.2 Å². The Balaban J connectivity index is 2.23. The molecule has 0 aromatic heterocycles. The van der Waals surface area contributed by atoms with E-state index in [-0.39, 0.29) is 16.4 Å². The lowest BCUT2D eigenvalue weighted by Crippen LogP contribution is -2.30. The number of thiocarbonyl (C=S) groups is 1. The van der Waals surface area contributed by atoms with E-state index in [1.54, 1.807) is 6.07 Å². The van der Waals surface area contributed by atoms with Gasteiger partial charge in [0, 0.05) is 26.1 Å². The largest absolute Gasteiger partial charge is 0.486 e. The first-order valence-corrected chi connectivity index (χ1v) is 7.90. The molecule has 0 amide bonds. The van der Waals surface area contributed by atoms with Crippen LogP contribution in [0.4, 0.5) is 0 Å². The molecule has 0 radical (unpaired) electrons. The normalized spacial score (nSPS) is 14.3. The molecule has 6 nitrogen and oxygen atoms in total. The van der Waals surface area contributed by atoms with Gasteiger partial charge in [-0.1, -0.05) is 12.2 Å². The molecule has 8 heteroatoms. The molecule has 1 aromatic carbocycles. The lowest BCUT2D eigenvalue weighted by molar-refractivity contribution is 0.171. The fraction of sp³-hybridized carbons (Fsp3) is 0.417. The third kappa shape index (κ3) is 3.20. The van der Waals surface area contributed by atoms with Gasteiger partial charge < -0.3 is 15.2 Å². The van der Waals surface area contributed by atoms with Crippen LogP contribution in [0.5, 0.6) is 11.5 Å². The second kappa shape index (κ2) is 5.94. The van der Waals surface area contributed by atoms with Crippen molar-refractivity contribution in [1.82, 2.24) is 4.31 Å². The Morgan fingerprint density at radius 3 is 2.65 bits per heavy atom. The first-order chi connectivity index (χ1) is 9.41. The van der Waals surface area contributed by atoms with Crippen LogP contribution in [0.25, 0.3) is 0 Å². The van der Waals surface area contributed by atoms with Gasteiger partial charge in [0.15, 0.2) is 11.5 Å². The molecular formula is C12H16N2O4S2. The Morgan fingerprint density at radius 2 is 2.00 bits per heavy atom. The Kier molecular flexibility index (Phi) is 4.46. The lowest BCUT2D eigenvalue weighted by Gasteiger charge is -2.21. The zero-order chi connectivity index (χ0) is 14.8. The molecule has 0 spiro atoms. The van der Waals surface area contributed by atoms with Gasteiger partial charge in [-0.3, -0.25) is 0 Å². The van der Waals surface area contributed by atoms with Crippen molar-refractivity contribution in [3.63, 3.8) is 0 Å². The van der Waals surface area contributed by atoms with E-state index in [2.05, 4.69) is 0 Å². The third-order valence-electron chi connectivity index (χ3n) is 2.89. The quantitative estimate of drug-likeness (QED) is 0.808. The number of hydrogen-bond donors (Lipinski definition) is 1. The van der Waals surface area contributed by atoms with E-state index in [1.165, 1.54) is 23.5 Å². The summed E-state index contributed by atoms with van der Waals surface area (Å²) < 4.78 is 36.7. The lowest BCUT2D eigenvalue weighted by atomic mass is 10.3. The summed E-state index contributed by atoms with van der Waals surface area (Å²) in [6.07, 6.45) is 0.343. The predicted octanol–water partition coefficient (Wildman–Crippen LogP) is 0.755. The number of rotatable bonds is 5. The Bertz CT molecular complexity index is 616. The summed E-state index contributed by atoms with van der Waals surface area (Å²) in [4.78, 5) is 0.446. The highest BCUT2D eigenvalue weighted by Gasteiger charge is 2.23. The van der Waals surface area contributed by atoms with Crippen LogP contribution in [0, 0.1) is 0 Å². The monoisotopic (exact) mass is 316 g/mol. The van der Waals surface area contributed by atoms with E-state index in [1.807, 2.05) is 0 Å². The van der Waals surface area contributed by atoms with E-state index in [0.717, 1.165) is 0 Å². The van der Waals surface area contributed by atoms with Crippen molar-refractivity contribution in [1.29, 1.82) is 0 Å². The SMILES string of the molecule is CN(CCC(N)=S)S(=O)(=O)c1ccc2c(c1)OCCO2. The van der Waals surface area contributed by atoms with Crippen LogP contribution >= 0.6 is 12.2 Å². The summed E-state index contributed by atoms with van der Waals surface area (Å²) in [7, 11) is -2.10. The Morgan fingerprint density at radius 1 is 1.35 bits per heavy atom. The van der Waals surface area contributed by atoms with Gasteiger partial charge in [-0.15, -0.1) is 0 Å². The summed E-state index contributed by atoms with van der Waals surface area (Å²) >= 11 is 4.75. The summed E-state index contributed by atoms with van der Waals surface area (Å²) in [6.45, 7) is 1.12. The van der Waals surface area contributed by atoms with Crippen molar-refractivity contribution in [2.45, 2.75) is 11.3 Å². The average molecular weight is 316 g/mol. The molecule has 1 aliphatic rings. The number of nitrogens with zero attached hydrogens (tertiary/aromatic N) is 1. The van der Waals surface area contributed by atoms with Crippen LogP contribution in [-0.2, 0) is 10.0 Å². The molecule has 0 aliphatic carbocycles. The second-order valence-electron chi connectivity index (χ2n) is 4.35. The molecule has 0 bridgehead atoms. The van der Waals surface area contributed by atoms with E-state index >= 15 is 0 Å². The highest BCUT2D eigenvalue weighted by atomic mass is 32.2. The van der Waals surface area contributed by atoms with Crippen molar-refractivity contribution in [3.8, 4) is 11.5 Å².